The van der Waals surface area contributed by atoms with Gasteiger partial charge in [0.1, 0.15) is 6.04 Å². The summed E-state index contributed by atoms with van der Waals surface area (Å²) < 4.78 is 0. The lowest BCUT2D eigenvalue weighted by molar-refractivity contribution is -0.132. The van der Waals surface area contributed by atoms with Crippen molar-refractivity contribution in [3.05, 3.63) is 35.9 Å². The number of amides is 3. The van der Waals surface area contributed by atoms with Gasteiger partial charge in [0.05, 0.1) is 6.10 Å². The van der Waals surface area contributed by atoms with Crippen molar-refractivity contribution in [1.29, 1.82) is 0 Å². The van der Waals surface area contributed by atoms with Crippen LogP contribution in [0.4, 0.5) is 4.79 Å². The van der Waals surface area contributed by atoms with E-state index in [1.807, 2.05) is 6.07 Å². The normalized spacial score (nSPS) is 20.1. The Balaban J connectivity index is 2.18. The number of aliphatic hydroxyl groups excluding tert-OH is 1. The molecular formula is C13H17N3O3. The number of β-amino-alcohol motifs (C(OH)–C–C–N with tert-alkyl or cyclic N) is 1. The Morgan fingerprint density at radius 2 is 2.05 bits per heavy atom. The lowest BCUT2D eigenvalue weighted by Gasteiger charge is -2.23. The first kappa shape index (κ1) is 13.4. The number of likely N-dealkylation sites (tertiary alicyclic amines) is 1. The van der Waals surface area contributed by atoms with Gasteiger partial charge in [-0.1, -0.05) is 30.3 Å². The second-order valence-electron chi connectivity index (χ2n) is 4.58. The average Bonchev–Trinajstić information content (AvgIpc) is 2.83. The van der Waals surface area contributed by atoms with E-state index in [0.717, 1.165) is 0 Å². The molecule has 6 nitrogen and oxygen atoms in total. The van der Waals surface area contributed by atoms with E-state index >= 15 is 0 Å². The van der Waals surface area contributed by atoms with E-state index in [9.17, 15) is 14.7 Å². The molecule has 0 spiro atoms. The van der Waals surface area contributed by atoms with Gasteiger partial charge >= 0.3 is 6.03 Å². The highest BCUT2D eigenvalue weighted by atomic mass is 16.3. The van der Waals surface area contributed by atoms with E-state index in [1.165, 1.54) is 4.90 Å². The molecule has 0 saturated carbocycles. The summed E-state index contributed by atoms with van der Waals surface area (Å²) >= 11 is 0. The van der Waals surface area contributed by atoms with Crippen LogP contribution in [0.5, 0.6) is 0 Å². The van der Waals surface area contributed by atoms with Crippen molar-refractivity contribution in [2.24, 2.45) is 5.73 Å². The van der Waals surface area contributed by atoms with Crippen molar-refractivity contribution in [1.82, 2.24) is 10.2 Å². The van der Waals surface area contributed by atoms with Crippen LogP contribution in [0.2, 0.25) is 0 Å². The van der Waals surface area contributed by atoms with Gasteiger partial charge in [0.25, 0.3) is 0 Å². The Morgan fingerprint density at radius 1 is 1.37 bits per heavy atom. The number of benzene rings is 1. The maximum atomic E-state index is 12.4. The number of primary amides is 1. The lowest BCUT2D eigenvalue weighted by atomic mass is 10.1. The van der Waals surface area contributed by atoms with Crippen LogP contribution in [0.25, 0.3) is 0 Å². The van der Waals surface area contributed by atoms with Gasteiger partial charge < -0.3 is 21.1 Å². The van der Waals surface area contributed by atoms with Crippen molar-refractivity contribution < 1.29 is 14.7 Å². The van der Waals surface area contributed by atoms with Crippen molar-refractivity contribution in [2.75, 3.05) is 13.1 Å². The van der Waals surface area contributed by atoms with Gasteiger partial charge in [-0.15, -0.1) is 0 Å². The first-order valence-corrected chi connectivity index (χ1v) is 6.15. The van der Waals surface area contributed by atoms with Gasteiger partial charge in [-0.25, -0.2) is 4.79 Å². The third kappa shape index (κ3) is 3.23. The molecule has 1 aromatic carbocycles. The fourth-order valence-corrected chi connectivity index (χ4v) is 2.20. The Kier molecular flexibility index (Phi) is 4.01. The van der Waals surface area contributed by atoms with Crippen molar-refractivity contribution >= 4 is 11.9 Å². The highest BCUT2D eigenvalue weighted by Crippen LogP contribution is 2.19. The summed E-state index contributed by atoms with van der Waals surface area (Å²) in [5, 5.41) is 11.9. The van der Waals surface area contributed by atoms with Gasteiger partial charge in [-0.3, -0.25) is 4.79 Å². The smallest absolute Gasteiger partial charge is 0.313 e. The van der Waals surface area contributed by atoms with E-state index in [-0.39, 0.29) is 5.91 Å². The van der Waals surface area contributed by atoms with Crippen molar-refractivity contribution in [2.45, 2.75) is 18.6 Å². The van der Waals surface area contributed by atoms with Crippen LogP contribution in [0.15, 0.2) is 30.3 Å². The predicted molar refractivity (Wildman–Crippen MR) is 69.1 cm³/mol. The standard InChI is InChI=1S/C13H17N3O3/c14-13(19)15-11(9-4-2-1-3-5-9)12(18)16-7-6-10(17)8-16/h1-5,10-11,17H,6-8H2,(H3,14,15,19)/t10-,11?/m1/s1. The number of hydrogen-bond donors (Lipinski definition) is 3. The molecule has 1 unspecified atom stereocenters. The molecule has 1 heterocycles. The molecule has 1 aromatic rings. The minimum Gasteiger partial charge on any atom is -0.391 e. The maximum absolute atomic E-state index is 12.4. The molecule has 2 atom stereocenters. The number of rotatable bonds is 3. The van der Waals surface area contributed by atoms with Gasteiger partial charge in [-0.2, -0.15) is 0 Å². The largest absolute Gasteiger partial charge is 0.391 e. The van der Waals surface area contributed by atoms with E-state index in [2.05, 4.69) is 5.32 Å². The third-order valence-corrected chi connectivity index (χ3v) is 3.14. The fourth-order valence-electron chi connectivity index (χ4n) is 2.20. The third-order valence-electron chi connectivity index (χ3n) is 3.14. The number of hydrogen-bond acceptors (Lipinski definition) is 3. The first-order chi connectivity index (χ1) is 9.08. The summed E-state index contributed by atoms with van der Waals surface area (Å²) in [5.74, 6) is -0.249. The monoisotopic (exact) mass is 263 g/mol. The quantitative estimate of drug-likeness (QED) is 0.715. The summed E-state index contributed by atoms with van der Waals surface area (Å²) in [7, 11) is 0. The molecule has 0 aromatic heterocycles. The SMILES string of the molecule is NC(=O)NC(C(=O)N1CC[C@@H](O)C1)c1ccccc1. The van der Waals surface area contributed by atoms with Crippen LogP contribution in [-0.2, 0) is 4.79 Å². The molecule has 1 aliphatic rings. The minimum atomic E-state index is -0.802. The average molecular weight is 263 g/mol. The molecule has 0 bridgehead atoms. The number of nitrogens with one attached hydrogen (secondary N) is 1. The van der Waals surface area contributed by atoms with E-state index in [0.29, 0.717) is 25.1 Å². The minimum absolute atomic E-state index is 0.249. The summed E-state index contributed by atoms with van der Waals surface area (Å²) in [4.78, 5) is 25.0. The second-order valence-corrected chi connectivity index (χ2v) is 4.58. The van der Waals surface area contributed by atoms with Crippen LogP contribution in [-0.4, -0.2) is 41.1 Å². The fraction of sp³-hybridized carbons (Fsp3) is 0.385. The number of aliphatic hydroxyl groups is 1. The number of nitrogens with zero attached hydrogens (tertiary/aromatic N) is 1. The molecule has 19 heavy (non-hydrogen) atoms. The number of carbonyl (C=O) groups is 2. The highest BCUT2D eigenvalue weighted by Gasteiger charge is 2.31. The van der Waals surface area contributed by atoms with Crippen LogP contribution in [0.3, 0.4) is 0 Å². The molecule has 4 N–H and O–H groups in total. The van der Waals surface area contributed by atoms with Gasteiger partial charge in [0.15, 0.2) is 0 Å². The Labute approximate surface area is 111 Å². The molecule has 6 heteroatoms. The topological polar surface area (TPSA) is 95.7 Å². The second kappa shape index (κ2) is 5.71. The highest BCUT2D eigenvalue weighted by molar-refractivity contribution is 5.87. The molecule has 1 fully saturated rings. The van der Waals surface area contributed by atoms with Gasteiger partial charge in [-0.05, 0) is 12.0 Å². The predicted octanol–water partition coefficient (Wildman–Crippen LogP) is -0.0108. The van der Waals surface area contributed by atoms with E-state index in [4.69, 9.17) is 5.73 Å². The number of carbonyl (C=O) groups excluding carboxylic acids is 2. The molecule has 2 rings (SSSR count). The summed E-state index contributed by atoms with van der Waals surface area (Å²) in [5.41, 5.74) is 5.80. The Morgan fingerprint density at radius 3 is 2.58 bits per heavy atom. The molecule has 3 amide bonds. The molecule has 0 radical (unpaired) electrons. The molecule has 1 saturated heterocycles. The van der Waals surface area contributed by atoms with Crippen LogP contribution in [0.1, 0.15) is 18.0 Å². The van der Waals surface area contributed by atoms with Gasteiger partial charge in [0.2, 0.25) is 5.91 Å². The number of nitrogens with two attached hydrogens (primary N) is 1. The summed E-state index contributed by atoms with van der Waals surface area (Å²) in [6.45, 7) is 0.784. The van der Waals surface area contributed by atoms with E-state index in [1.54, 1.807) is 24.3 Å². The Bertz CT molecular complexity index is 463. The molecule has 102 valence electrons. The molecule has 1 aliphatic heterocycles. The summed E-state index contributed by atoms with van der Waals surface area (Å²) in [6, 6.07) is 7.37. The lowest BCUT2D eigenvalue weighted by Crippen LogP contribution is -2.44. The van der Waals surface area contributed by atoms with Crippen molar-refractivity contribution in [3.8, 4) is 0 Å². The van der Waals surface area contributed by atoms with Gasteiger partial charge in [0, 0.05) is 13.1 Å². The van der Waals surface area contributed by atoms with E-state index < -0.39 is 18.2 Å². The van der Waals surface area contributed by atoms with Crippen LogP contribution in [0, 0.1) is 0 Å². The zero-order valence-corrected chi connectivity index (χ0v) is 10.5. The Hall–Kier alpha value is -2.08. The van der Waals surface area contributed by atoms with Crippen LogP contribution >= 0.6 is 0 Å². The number of urea groups is 1. The zero-order valence-electron chi connectivity index (χ0n) is 10.5. The molecular weight excluding hydrogens is 246 g/mol. The van der Waals surface area contributed by atoms with Crippen molar-refractivity contribution in [3.63, 3.8) is 0 Å². The first-order valence-electron chi connectivity index (χ1n) is 6.15. The molecule has 0 aliphatic carbocycles. The van der Waals surface area contributed by atoms with Crippen LogP contribution < -0.4 is 11.1 Å². The maximum Gasteiger partial charge on any atom is 0.313 e. The zero-order chi connectivity index (χ0) is 13.8. The summed E-state index contributed by atoms with van der Waals surface area (Å²) in [6.07, 6.45) is 0.0676.